The van der Waals surface area contributed by atoms with Crippen molar-refractivity contribution in [2.24, 2.45) is 5.92 Å². The van der Waals surface area contributed by atoms with Gasteiger partial charge in [0.1, 0.15) is 30.9 Å². The fraction of sp³-hybridized carbons (Fsp3) is 0.250. The van der Waals surface area contributed by atoms with Gasteiger partial charge in [0.05, 0.1) is 18.6 Å². The van der Waals surface area contributed by atoms with Crippen molar-refractivity contribution in [3.8, 4) is 22.6 Å². The standard InChI is InChI=1S/C32H30ClFO4/c33-17-22(19-35)20-37-26-13-9-23(10-14-26)32(24-11-15-27(16-12-24)38-21-25(36)18-34)30-7-3-1-5-28(30)29-6-2-4-8-31(29)32/h1-16,22,25,35-36H,17-21H2. The molecule has 2 atom stereocenters. The predicted molar refractivity (Wildman–Crippen MR) is 148 cm³/mol. The summed E-state index contributed by atoms with van der Waals surface area (Å²) in [4.78, 5) is 0. The Hall–Kier alpha value is -3.38. The van der Waals surface area contributed by atoms with E-state index in [4.69, 9.17) is 21.1 Å². The second-order valence-corrected chi connectivity index (χ2v) is 9.83. The third-order valence-corrected chi connectivity index (χ3v) is 7.55. The number of hydrogen-bond acceptors (Lipinski definition) is 4. The molecule has 5 rings (SSSR count). The van der Waals surface area contributed by atoms with Crippen molar-refractivity contribution < 1.29 is 24.1 Å². The summed E-state index contributed by atoms with van der Waals surface area (Å²) in [6.07, 6.45) is -1.15. The average molecular weight is 533 g/mol. The van der Waals surface area contributed by atoms with E-state index in [0.717, 1.165) is 11.1 Å². The SMILES string of the molecule is OCC(CCl)COc1ccc(C2(c3ccc(OCC(O)CF)cc3)c3ccccc3-c3ccccc32)cc1. The van der Waals surface area contributed by atoms with E-state index in [1.165, 1.54) is 22.3 Å². The molecule has 0 heterocycles. The van der Waals surface area contributed by atoms with Crippen LogP contribution in [0.25, 0.3) is 11.1 Å². The summed E-state index contributed by atoms with van der Waals surface area (Å²) < 4.78 is 24.2. The van der Waals surface area contributed by atoms with E-state index >= 15 is 0 Å². The fourth-order valence-corrected chi connectivity index (χ4v) is 5.41. The molecule has 0 saturated heterocycles. The van der Waals surface area contributed by atoms with E-state index in [1.54, 1.807) is 0 Å². The van der Waals surface area contributed by atoms with Gasteiger partial charge < -0.3 is 19.7 Å². The van der Waals surface area contributed by atoms with Gasteiger partial charge in [0.25, 0.3) is 0 Å². The molecule has 2 unspecified atom stereocenters. The number of ether oxygens (including phenoxy) is 2. The molecule has 2 N–H and O–H groups in total. The molecule has 0 amide bonds. The fourth-order valence-electron chi connectivity index (χ4n) is 5.22. The van der Waals surface area contributed by atoms with E-state index in [-0.39, 0.29) is 19.1 Å². The van der Waals surface area contributed by atoms with Crippen LogP contribution in [0.2, 0.25) is 0 Å². The summed E-state index contributed by atoms with van der Waals surface area (Å²) in [6, 6.07) is 32.8. The molecular weight excluding hydrogens is 503 g/mol. The second-order valence-electron chi connectivity index (χ2n) is 9.52. The minimum absolute atomic E-state index is 0.0231. The molecule has 6 heteroatoms. The van der Waals surface area contributed by atoms with Crippen LogP contribution in [0, 0.1) is 5.92 Å². The molecule has 38 heavy (non-hydrogen) atoms. The highest BCUT2D eigenvalue weighted by molar-refractivity contribution is 6.18. The highest BCUT2D eigenvalue weighted by Gasteiger charge is 2.45. The average Bonchev–Trinajstić information content (AvgIpc) is 3.28. The van der Waals surface area contributed by atoms with Crippen LogP contribution >= 0.6 is 11.6 Å². The smallest absolute Gasteiger partial charge is 0.119 e. The molecule has 0 fully saturated rings. The predicted octanol–water partition coefficient (Wildman–Crippen LogP) is 5.99. The molecule has 0 radical (unpaired) electrons. The Balaban J connectivity index is 1.59. The molecule has 4 aromatic rings. The van der Waals surface area contributed by atoms with Gasteiger partial charge in [-0.25, -0.2) is 4.39 Å². The first-order valence-electron chi connectivity index (χ1n) is 12.7. The quantitative estimate of drug-likeness (QED) is 0.205. The number of alkyl halides is 2. The van der Waals surface area contributed by atoms with Crippen molar-refractivity contribution in [3.05, 3.63) is 119 Å². The second kappa shape index (κ2) is 11.6. The molecule has 1 aliphatic carbocycles. The van der Waals surface area contributed by atoms with Crippen molar-refractivity contribution in [2.45, 2.75) is 11.5 Å². The van der Waals surface area contributed by atoms with Crippen LogP contribution in [0.5, 0.6) is 11.5 Å². The van der Waals surface area contributed by atoms with Gasteiger partial charge in [0, 0.05) is 11.8 Å². The normalized spacial score (nSPS) is 14.8. The summed E-state index contributed by atoms with van der Waals surface area (Å²) in [5.74, 6) is 1.49. The maximum Gasteiger partial charge on any atom is 0.119 e. The Labute approximate surface area is 227 Å². The van der Waals surface area contributed by atoms with E-state index in [9.17, 15) is 14.6 Å². The van der Waals surface area contributed by atoms with Gasteiger partial charge in [-0.1, -0.05) is 72.8 Å². The van der Waals surface area contributed by atoms with E-state index < -0.39 is 18.2 Å². The first kappa shape index (κ1) is 26.2. The van der Waals surface area contributed by atoms with Crippen molar-refractivity contribution >= 4 is 11.6 Å². The molecule has 0 bridgehead atoms. The lowest BCUT2D eigenvalue weighted by Crippen LogP contribution is -2.28. The molecule has 0 aliphatic heterocycles. The van der Waals surface area contributed by atoms with Gasteiger partial charge in [-0.2, -0.15) is 0 Å². The van der Waals surface area contributed by atoms with E-state index in [2.05, 4.69) is 60.7 Å². The van der Waals surface area contributed by atoms with Crippen LogP contribution in [-0.4, -0.2) is 48.7 Å². The monoisotopic (exact) mass is 532 g/mol. The van der Waals surface area contributed by atoms with Crippen LogP contribution in [0.4, 0.5) is 4.39 Å². The number of aliphatic hydroxyl groups excluding tert-OH is 2. The lowest BCUT2D eigenvalue weighted by molar-refractivity contribution is 0.0842. The molecule has 4 nitrogen and oxygen atoms in total. The molecule has 0 saturated carbocycles. The van der Waals surface area contributed by atoms with Crippen LogP contribution < -0.4 is 9.47 Å². The van der Waals surface area contributed by atoms with Gasteiger partial charge >= 0.3 is 0 Å². The zero-order valence-electron chi connectivity index (χ0n) is 20.9. The highest BCUT2D eigenvalue weighted by atomic mass is 35.5. The largest absolute Gasteiger partial charge is 0.493 e. The van der Waals surface area contributed by atoms with Crippen LogP contribution in [0.3, 0.4) is 0 Å². The maximum absolute atomic E-state index is 12.7. The summed E-state index contributed by atoms with van der Waals surface area (Å²) in [5.41, 5.74) is 6.29. The molecule has 0 spiro atoms. The van der Waals surface area contributed by atoms with Crippen molar-refractivity contribution in [1.82, 2.24) is 0 Å². The Morgan fingerprint density at radius 1 is 0.711 bits per heavy atom. The summed E-state index contributed by atoms with van der Waals surface area (Å²) in [6.45, 7) is -0.630. The Bertz CT molecular complexity index is 1310. The zero-order chi connectivity index (χ0) is 26.5. The van der Waals surface area contributed by atoms with Gasteiger partial charge in [-0.15, -0.1) is 11.6 Å². The van der Waals surface area contributed by atoms with Crippen molar-refractivity contribution in [3.63, 3.8) is 0 Å². The maximum atomic E-state index is 12.7. The van der Waals surface area contributed by atoms with E-state index in [0.29, 0.717) is 24.0 Å². The van der Waals surface area contributed by atoms with Crippen LogP contribution in [0.15, 0.2) is 97.1 Å². The number of fused-ring (bicyclic) bond motifs is 3. The van der Waals surface area contributed by atoms with Gasteiger partial charge in [0.2, 0.25) is 0 Å². The third-order valence-electron chi connectivity index (χ3n) is 7.11. The lowest BCUT2D eigenvalue weighted by Gasteiger charge is -2.34. The van der Waals surface area contributed by atoms with Gasteiger partial charge in [0.15, 0.2) is 0 Å². The molecule has 196 valence electrons. The number of halogens is 2. The lowest BCUT2D eigenvalue weighted by atomic mass is 9.68. The Morgan fingerprint density at radius 2 is 1.18 bits per heavy atom. The highest BCUT2D eigenvalue weighted by Crippen LogP contribution is 2.56. The van der Waals surface area contributed by atoms with Crippen LogP contribution in [-0.2, 0) is 5.41 Å². The van der Waals surface area contributed by atoms with Crippen molar-refractivity contribution in [2.75, 3.05) is 32.4 Å². The Morgan fingerprint density at radius 3 is 1.63 bits per heavy atom. The molecule has 0 aromatic heterocycles. The minimum atomic E-state index is -1.15. The van der Waals surface area contributed by atoms with Crippen molar-refractivity contribution in [1.29, 1.82) is 0 Å². The first-order valence-corrected chi connectivity index (χ1v) is 13.2. The molecular formula is C32H30ClFO4. The zero-order valence-corrected chi connectivity index (χ0v) is 21.7. The number of rotatable bonds is 11. The minimum Gasteiger partial charge on any atom is -0.493 e. The van der Waals surface area contributed by atoms with Gasteiger partial charge in [-0.05, 0) is 57.6 Å². The third kappa shape index (κ3) is 4.78. The molecule has 4 aromatic carbocycles. The number of aliphatic hydroxyl groups is 2. The number of hydrogen-bond donors (Lipinski definition) is 2. The van der Waals surface area contributed by atoms with Crippen LogP contribution in [0.1, 0.15) is 22.3 Å². The van der Waals surface area contributed by atoms with Gasteiger partial charge in [-0.3, -0.25) is 0 Å². The Kier molecular flexibility index (Phi) is 7.98. The number of benzene rings is 4. The molecule has 1 aliphatic rings. The van der Waals surface area contributed by atoms with E-state index in [1.807, 2.05) is 36.4 Å². The summed E-state index contributed by atoms with van der Waals surface area (Å²) >= 11 is 5.90. The first-order chi connectivity index (χ1) is 18.6. The summed E-state index contributed by atoms with van der Waals surface area (Å²) in [5, 5.41) is 19.0. The topological polar surface area (TPSA) is 58.9 Å². The summed E-state index contributed by atoms with van der Waals surface area (Å²) in [7, 11) is 0.